The maximum Gasteiger partial charge on any atom is 0.161 e. The number of hydrogen-bond acceptors (Lipinski definition) is 2. The van der Waals surface area contributed by atoms with Gasteiger partial charge in [-0.05, 0) is 41.5 Å². The van der Waals surface area contributed by atoms with Crippen molar-refractivity contribution in [2.24, 2.45) is 0 Å². The smallest absolute Gasteiger partial charge is 0.161 e. The van der Waals surface area contributed by atoms with Crippen LogP contribution in [0.5, 0.6) is 11.5 Å². The highest BCUT2D eigenvalue weighted by atomic mass is 79.9. The van der Waals surface area contributed by atoms with E-state index >= 15 is 0 Å². The fourth-order valence-electron chi connectivity index (χ4n) is 1.92. The number of hydrogen-bond donors (Lipinski definition) is 0. The lowest BCUT2D eigenvalue weighted by Crippen LogP contribution is -1.96. The highest BCUT2D eigenvalue weighted by Crippen LogP contribution is 2.38. The lowest BCUT2D eigenvalue weighted by molar-refractivity contribution is 0.354. The maximum atomic E-state index is 6.04. The molecule has 0 aliphatic heterocycles. The van der Waals surface area contributed by atoms with Crippen molar-refractivity contribution in [2.45, 2.75) is 4.83 Å². The summed E-state index contributed by atoms with van der Waals surface area (Å²) in [6, 6.07) is 11.2. The average Bonchev–Trinajstić information content (AvgIpc) is 2.44. The molecule has 1 unspecified atom stereocenters. The van der Waals surface area contributed by atoms with Gasteiger partial charge in [-0.25, -0.2) is 0 Å². The summed E-state index contributed by atoms with van der Waals surface area (Å²) in [7, 11) is 3.22. The molecule has 20 heavy (non-hydrogen) atoms. The third kappa shape index (κ3) is 3.40. The first kappa shape index (κ1) is 15.5. The van der Waals surface area contributed by atoms with Crippen LogP contribution in [0.25, 0.3) is 0 Å². The van der Waals surface area contributed by atoms with Gasteiger partial charge in [0.25, 0.3) is 0 Å². The fourth-order valence-corrected chi connectivity index (χ4v) is 3.02. The number of benzene rings is 2. The van der Waals surface area contributed by atoms with E-state index in [1.165, 1.54) is 0 Å². The standard InChI is InChI=1S/C15H13BrCl2O2/c1-19-13-4-3-9(7-14(13)20-2)15(16)10-5-11(17)8-12(18)6-10/h3-8,15H,1-2H3. The van der Waals surface area contributed by atoms with Gasteiger partial charge in [0, 0.05) is 10.0 Å². The number of halogens is 3. The Morgan fingerprint density at radius 1 is 0.850 bits per heavy atom. The molecule has 0 heterocycles. The Morgan fingerprint density at radius 2 is 1.45 bits per heavy atom. The van der Waals surface area contributed by atoms with Gasteiger partial charge in [-0.3, -0.25) is 0 Å². The van der Waals surface area contributed by atoms with E-state index in [2.05, 4.69) is 15.9 Å². The van der Waals surface area contributed by atoms with Gasteiger partial charge < -0.3 is 9.47 Å². The molecular formula is C15H13BrCl2O2. The number of rotatable bonds is 4. The average molecular weight is 376 g/mol. The minimum atomic E-state index is -0.0292. The van der Waals surface area contributed by atoms with Crippen LogP contribution < -0.4 is 9.47 Å². The Balaban J connectivity index is 2.39. The van der Waals surface area contributed by atoms with Crippen LogP contribution in [-0.4, -0.2) is 14.2 Å². The van der Waals surface area contributed by atoms with E-state index in [1.807, 2.05) is 30.3 Å². The van der Waals surface area contributed by atoms with E-state index in [1.54, 1.807) is 20.3 Å². The third-order valence-electron chi connectivity index (χ3n) is 2.88. The number of methoxy groups -OCH3 is 2. The molecule has 0 bridgehead atoms. The zero-order valence-electron chi connectivity index (χ0n) is 11.0. The van der Waals surface area contributed by atoms with E-state index in [0.717, 1.165) is 11.1 Å². The van der Waals surface area contributed by atoms with E-state index in [9.17, 15) is 0 Å². The van der Waals surface area contributed by atoms with Gasteiger partial charge >= 0.3 is 0 Å². The Morgan fingerprint density at radius 3 is 2.00 bits per heavy atom. The molecule has 0 saturated heterocycles. The highest BCUT2D eigenvalue weighted by Gasteiger charge is 2.14. The molecular weight excluding hydrogens is 363 g/mol. The lowest BCUT2D eigenvalue weighted by atomic mass is 10.0. The largest absolute Gasteiger partial charge is 0.493 e. The molecule has 0 N–H and O–H groups in total. The van der Waals surface area contributed by atoms with Crippen LogP contribution in [0, 0.1) is 0 Å². The van der Waals surface area contributed by atoms with Crippen molar-refractivity contribution in [1.29, 1.82) is 0 Å². The molecule has 0 aliphatic rings. The summed E-state index contributed by atoms with van der Waals surface area (Å²) in [5.41, 5.74) is 2.01. The molecule has 1 atom stereocenters. The SMILES string of the molecule is COc1ccc(C(Br)c2cc(Cl)cc(Cl)c2)cc1OC. The fraction of sp³-hybridized carbons (Fsp3) is 0.200. The first-order valence-electron chi connectivity index (χ1n) is 5.87. The quantitative estimate of drug-likeness (QED) is 0.657. The molecule has 106 valence electrons. The van der Waals surface area contributed by atoms with E-state index in [0.29, 0.717) is 21.5 Å². The van der Waals surface area contributed by atoms with Gasteiger partial charge in [-0.2, -0.15) is 0 Å². The summed E-state index contributed by atoms with van der Waals surface area (Å²) >= 11 is 15.7. The van der Waals surface area contributed by atoms with Crippen molar-refractivity contribution in [3.8, 4) is 11.5 Å². The van der Waals surface area contributed by atoms with E-state index in [4.69, 9.17) is 32.7 Å². The van der Waals surface area contributed by atoms with Gasteiger partial charge in [-0.15, -0.1) is 0 Å². The first-order chi connectivity index (χ1) is 9.55. The topological polar surface area (TPSA) is 18.5 Å². The summed E-state index contributed by atoms with van der Waals surface area (Å²) in [5, 5.41) is 1.22. The van der Waals surface area contributed by atoms with Crippen molar-refractivity contribution < 1.29 is 9.47 Å². The first-order valence-corrected chi connectivity index (χ1v) is 7.54. The molecule has 0 aromatic heterocycles. The summed E-state index contributed by atoms with van der Waals surface area (Å²) in [6.07, 6.45) is 0. The van der Waals surface area contributed by atoms with Crippen LogP contribution in [0.4, 0.5) is 0 Å². The molecule has 5 heteroatoms. The van der Waals surface area contributed by atoms with Crippen LogP contribution >= 0.6 is 39.1 Å². The molecule has 0 saturated carbocycles. The van der Waals surface area contributed by atoms with Gasteiger partial charge in [-0.1, -0.05) is 45.2 Å². The second kappa shape index (κ2) is 6.70. The van der Waals surface area contributed by atoms with Crippen LogP contribution in [0.1, 0.15) is 16.0 Å². The number of ether oxygens (including phenoxy) is 2. The third-order valence-corrected chi connectivity index (χ3v) is 4.37. The second-order valence-electron chi connectivity index (χ2n) is 4.18. The zero-order chi connectivity index (χ0) is 14.7. The predicted octanol–water partition coefficient (Wildman–Crippen LogP) is 5.49. The van der Waals surface area contributed by atoms with Crippen molar-refractivity contribution >= 4 is 39.1 Å². The molecule has 0 aliphatic carbocycles. The maximum absolute atomic E-state index is 6.04. The second-order valence-corrected chi connectivity index (χ2v) is 5.97. The van der Waals surface area contributed by atoms with Crippen molar-refractivity contribution in [3.63, 3.8) is 0 Å². The lowest BCUT2D eigenvalue weighted by Gasteiger charge is -2.14. The van der Waals surface area contributed by atoms with Crippen LogP contribution in [-0.2, 0) is 0 Å². The Hall–Kier alpha value is -0.900. The molecule has 0 amide bonds. The van der Waals surface area contributed by atoms with E-state index in [-0.39, 0.29) is 4.83 Å². The summed E-state index contributed by atoms with van der Waals surface area (Å²) in [6.45, 7) is 0. The molecule has 0 fully saturated rings. The van der Waals surface area contributed by atoms with Gasteiger partial charge in [0.1, 0.15) is 0 Å². The summed E-state index contributed by atoms with van der Waals surface area (Å²) in [5.74, 6) is 1.38. The molecule has 2 aromatic carbocycles. The van der Waals surface area contributed by atoms with Gasteiger partial charge in [0.15, 0.2) is 11.5 Å². The van der Waals surface area contributed by atoms with Crippen LogP contribution in [0.3, 0.4) is 0 Å². The number of alkyl halides is 1. The monoisotopic (exact) mass is 374 g/mol. The Bertz CT molecular complexity index is 597. The highest BCUT2D eigenvalue weighted by molar-refractivity contribution is 9.09. The summed E-state index contributed by atoms with van der Waals surface area (Å²) in [4.78, 5) is -0.0292. The molecule has 0 radical (unpaired) electrons. The van der Waals surface area contributed by atoms with E-state index < -0.39 is 0 Å². The Labute approximate surface area is 136 Å². The van der Waals surface area contributed by atoms with Crippen molar-refractivity contribution in [3.05, 3.63) is 57.6 Å². The van der Waals surface area contributed by atoms with Gasteiger partial charge in [0.05, 0.1) is 19.0 Å². The molecule has 0 spiro atoms. The van der Waals surface area contributed by atoms with Crippen LogP contribution in [0.15, 0.2) is 36.4 Å². The molecule has 2 nitrogen and oxygen atoms in total. The van der Waals surface area contributed by atoms with Crippen molar-refractivity contribution in [1.82, 2.24) is 0 Å². The zero-order valence-corrected chi connectivity index (χ0v) is 14.1. The Kier molecular flexibility index (Phi) is 5.19. The predicted molar refractivity (Wildman–Crippen MR) is 86.8 cm³/mol. The van der Waals surface area contributed by atoms with Crippen LogP contribution in [0.2, 0.25) is 10.0 Å². The van der Waals surface area contributed by atoms with Gasteiger partial charge in [0.2, 0.25) is 0 Å². The molecule has 2 rings (SSSR count). The normalized spacial score (nSPS) is 12.1. The minimum Gasteiger partial charge on any atom is -0.493 e. The minimum absolute atomic E-state index is 0.0292. The molecule has 2 aromatic rings. The summed E-state index contributed by atoms with van der Waals surface area (Å²) < 4.78 is 10.5. The van der Waals surface area contributed by atoms with Crippen molar-refractivity contribution in [2.75, 3.05) is 14.2 Å².